The molecule has 2 rings (SSSR count). The largest absolute Gasteiger partial charge is 0.462 e. The van der Waals surface area contributed by atoms with E-state index in [1.165, 1.54) is 30.3 Å². The van der Waals surface area contributed by atoms with Crippen molar-refractivity contribution in [1.29, 1.82) is 0 Å². The number of rotatable bonds is 4. The zero-order chi connectivity index (χ0) is 18.4. The number of para-hydroxylation sites is 1. The normalized spacial score (nSPS) is 10.0. The van der Waals surface area contributed by atoms with Crippen molar-refractivity contribution in [2.45, 2.75) is 6.92 Å². The van der Waals surface area contributed by atoms with Crippen LogP contribution >= 0.6 is 23.2 Å². The average molecular weight is 381 g/mol. The first kappa shape index (κ1) is 18.8. The molecule has 6 nitrogen and oxygen atoms in total. The first-order valence-electron chi connectivity index (χ1n) is 7.25. The van der Waals surface area contributed by atoms with Crippen molar-refractivity contribution < 1.29 is 19.1 Å². The predicted molar refractivity (Wildman–Crippen MR) is 96.1 cm³/mol. The van der Waals surface area contributed by atoms with Gasteiger partial charge in [-0.3, -0.25) is 9.59 Å². The standard InChI is InChI=1S/C17H14Cl2N2O4/c1-2-25-17(24)13-5-3-4-6-14(13)21-16(23)15(22)20-12-8-10(18)7-11(19)9-12/h3-9H,2H2,1H3,(H,20,22)(H,21,23). The molecular weight excluding hydrogens is 367 g/mol. The van der Waals surface area contributed by atoms with Crippen molar-refractivity contribution in [3.8, 4) is 0 Å². The van der Waals surface area contributed by atoms with Crippen LogP contribution in [0.1, 0.15) is 17.3 Å². The lowest BCUT2D eigenvalue weighted by atomic mass is 10.2. The average Bonchev–Trinajstić information content (AvgIpc) is 2.54. The minimum atomic E-state index is -0.951. The van der Waals surface area contributed by atoms with Crippen LogP contribution in [-0.2, 0) is 14.3 Å². The molecule has 2 N–H and O–H groups in total. The first-order chi connectivity index (χ1) is 11.9. The molecule has 0 aromatic heterocycles. The molecule has 2 aromatic carbocycles. The van der Waals surface area contributed by atoms with Crippen LogP contribution in [0, 0.1) is 0 Å². The van der Waals surface area contributed by atoms with Gasteiger partial charge in [0.2, 0.25) is 0 Å². The maximum absolute atomic E-state index is 12.1. The van der Waals surface area contributed by atoms with Crippen LogP contribution in [0.2, 0.25) is 10.0 Å². The Morgan fingerprint density at radius 1 is 0.960 bits per heavy atom. The third-order valence-corrected chi connectivity index (χ3v) is 3.43. The van der Waals surface area contributed by atoms with Gasteiger partial charge in [0.25, 0.3) is 0 Å². The highest BCUT2D eigenvalue weighted by Crippen LogP contribution is 2.22. The van der Waals surface area contributed by atoms with E-state index >= 15 is 0 Å². The summed E-state index contributed by atoms with van der Waals surface area (Å²) >= 11 is 11.7. The lowest BCUT2D eigenvalue weighted by Crippen LogP contribution is -2.29. The number of ether oxygens (including phenoxy) is 1. The molecule has 0 aliphatic carbocycles. The Morgan fingerprint density at radius 2 is 1.56 bits per heavy atom. The zero-order valence-corrected chi connectivity index (χ0v) is 14.6. The van der Waals surface area contributed by atoms with E-state index in [9.17, 15) is 14.4 Å². The summed E-state index contributed by atoms with van der Waals surface area (Å²) < 4.78 is 4.91. The maximum Gasteiger partial charge on any atom is 0.340 e. The van der Waals surface area contributed by atoms with Crippen LogP contribution in [0.15, 0.2) is 42.5 Å². The number of anilines is 2. The van der Waals surface area contributed by atoms with Gasteiger partial charge >= 0.3 is 17.8 Å². The molecule has 8 heteroatoms. The predicted octanol–water partition coefficient (Wildman–Crippen LogP) is 3.75. The second-order valence-electron chi connectivity index (χ2n) is 4.83. The van der Waals surface area contributed by atoms with Gasteiger partial charge in [-0.25, -0.2) is 4.79 Å². The van der Waals surface area contributed by atoms with Crippen molar-refractivity contribution >= 4 is 52.4 Å². The van der Waals surface area contributed by atoms with E-state index in [4.69, 9.17) is 27.9 Å². The molecule has 0 aliphatic heterocycles. The van der Waals surface area contributed by atoms with Crippen LogP contribution in [-0.4, -0.2) is 24.4 Å². The van der Waals surface area contributed by atoms with E-state index < -0.39 is 17.8 Å². The Kier molecular flexibility index (Phi) is 6.38. The summed E-state index contributed by atoms with van der Waals surface area (Å²) in [6.07, 6.45) is 0. The molecule has 0 bridgehead atoms. The van der Waals surface area contributed by atoms with E-state index in [1.807, 2.05) is 0 Å². The van der Waals surface area contributed by atoms with Gasteiger partial charge in [0.15, 0.2) is 0 Å². The number of carbonyl (C=O) groups excluding carboxylic acids is 3. The summed E-state index contributed by atoms with van der Waals surface area (Å²) in [5.41, 5.74) is 0.595. The number of amides is 2. The lowest BCUT2D eigenvalue weighted by molar-refractivity contribution is -0.133. The number of hydrogen-bond donors (Lipinski definition) is 2. The lowest BCUT2D eigenvalue weighted by Gasteiger charge is -2.10. The second kappa shape index (κ2) is 8.50. The van der Waals surface area contributed by atoms with Gasteiger partial charge in [0.05, 0.1) is 17.9 Å². The Hall–Kier alpha value is -2.57. The molecule has 130 valence electrons. The Balaban J connectivity index is 2.11. The third-order valence-electron chi connectivity index (χ3n) is 3.00. The van der Waals surface area contributed by atoms with Crippen molar-refractivity contribution in [2.24, 2.45) is 0 Å². The topological polar surface area (TPSA) is 84.5 Å². The third kappa shape index (κ3) is 5.20. The van der Waals surface area contributed by atoms with Crippen molar-refractivity contribution in [3.63, 3.8) is 0 Å². The summed E-state index contributed by atoms with van der Waals surface area (Å²) in [4.78, 5) is 36.0. The molecule has 2 amide bonds. The summed E-state index contributed by atoms with van der Waals surface area (Å²) in [6, 6.07) is 10.6. The Morgan fingerprint density at radius 3 is 2.20 bits per heavy atom. The smallest absolute Gasteiger partial charge is 0.340 e. The monoisotopic (exact) mass is 380 g/mol. The Labute approximate surface area is 154 Å². The molecule has 25 heavy (non-hydrogen) atoms. The van der Waals surface area contributed by atoms with E-state index in [-0.39, 0.29) is 23.5 Å². The molecule has 2 aromatic rings. The minimum absolute atomic E-state index is 0.149. The van der Waals surface area contributed by atoms with Gasteiger partial charge in [-0.2, -0.15) is 0 Å². The van der Waals surface area contributed by atoms with Gasteiger partial charge in [-0.15, -0.1) is 0 Å². The number of halogens is 2. The Bertz CT molecular complexity index is 804. The SMILES string of the molecule is CCOC(=O)c1ccccc1NC(=O)C(=O)Nc1cc(Cl)cc(Cl)c1. The van der Waals surface area contributed by atoms with Gasteiger partial charge in [-0.1, -0.05) is 35.3 Å². The molecule has 0 saturated heterocycles. The van der Waals surface area contributed by atoms with Crippen LogP contribution in [0.25, 0.3) is 0 Å². The quantitative estimate of drug-likeness (QED) is 0.624. The van der Waals surface area contributed by atoms with Crippen molar-refractivity contribution in [3.05, 3.63) is 58.1 Å². The zero-order valence-electron chi connectivity index (χ0n) is 13.1. The highest BCUT2D eigenvalue weighted by Gasteiger charge is 2.18. The fourth-order valence-electron chi connectivity index (χ4n) is 1.97. The number of nitrogens with one attached hydrogen (secondary N) is 2. The number of hydrogen-bond acceptors (Lipinski definition) is 4. The van der Waals surface area contributed by atoms with E-state index in [2.05, 4.69) is 10.6 Å². The van der Waals surface area contributed by atoms with Gasteiger partial charge in [0, 0.05) is 15.7 Å². The van der Waals surface area contributed by atoms with E-state index in [0.29, 0.717) is 10.0 Å². The van der Waals surface area contributed by atoms with Crippen LogP contribution in [0.4, 0.5) is 11.4 Å². The molecule has 0 aliphatic rings. The molecule has 0 saturated carbocycles. The number of carbonyl (C=O) groups is 3. The van der Waals surface area contributed by atoms with Crippen LogP contribution in [0.5, 0.6) is 0 Å². The van der Waals surface area contributed by atoms with E-state index in [1.54, 1.807) is 19.1 Å². The van der Waals surface area contributed by atoms with Gasteiger partial charge in [-0.05, 0) is 37.3 Å². The maximum atomic E-state index is 12.1. The summed E-state index contributed by atoms with van der Waals surface area (Å²) in [7, 11) is 0. The summed E-state index contributed by atoms with van der Waals surface area (Å²) in [5, 5.41) is 5.39. The minimum Gasteiger partial charge on any atom is -0.462 e. The molecule has 0 fully saturated rings. The van der Waals surface area contributed by atoms with Crippen LogP contribution in [0.3, 0.4) is 0 Å². The van der Waals surface area contributed by atoms with E-state index in [0.717, 1.165) is 0 Å². The number of esters is 1. The molecular formula is C17H14Cl2N2O4. The fourth-order valence-corrected chi connectivity index (χ4v) is 2.50. The van der Waals surface area contributed by atoms with Crippen molar-refractivity contribution in [2.75, 3.05) is 17.2 Å². The highest BCUT2D eigenvalue weighted by molar-refractivity contribution is 6.44. The molecule has 0 atom stereocenters. The molecule has 0 spiro atoms. The second-order valence-corrected chi connectivity index (χ2v) is 5.71. The van der Waals surface area contributed by atoms with Gasteiger partial charge in [0.1, 0.15) is 0 Å². The van der Waals surface area contributed by atoms with Gasteiger partial charge < -0.3 is 15.4 Å². The molecule has 0 radical (unpaired) electrons. The van der Waals surface area contributed by atoms with Crippen LogP contribution < -0.4 is 10.6 Å². The molecule has 0 heterocycles. The first-order valence-corrected chi connectivity index (χ1v) is 8.01. The fraction of sp³-hybridized carbons (Fsp3) is 0.118. The summed E-state index contributed by atoms with van der Waals surface area (Å²) in [6.45, 7) is 1.86. The highest BCUT2D eigenvalue weighted by atomic mass is 35.5. The summed E-state index contributed by atoms with van der Waals surface area (Å²) in [5.74, 6) is -2.48. The van der Waals surface area contributed by atoms with Crippen molar-refractivity contribution in [1.82, 2.24) is 0 Å². The number of benzene rings is 2. The molecule has 0 unspecified atom stereocenters.